The van der Waals surface area contributed by atoms with E-state index in [0.717, 1.165) is 16.1 Å². The maximum atomic E-state index is 13.6. The summed E-state index contributed by atoms with van der Waals surface area (Å²) in [6.45, 7) is 7.44. The highest BCUT2D eigenvalue weighted by atomic mass is 32.2. The first-order valence-electron chi connectivity index (χ1n) is 11.4. The predicted octanol–water partition coefficient (Wildman–Crippen LogP) is 3.66. The van der Waals surface area contributed by atoms with Gasteiger partial charge in [0.1, 0.15) is 18.4 Å². The van der Waals surface area contributed by atoms with Crippen LogP contribution in [0.3, 0.4) is 0 Å². The number of nitrogens with one attached hydrogen (secondary N) is 1. The Bertz CT molecular complexity index is 1090. The Morgan fingerprint density at radius 2 is 1.65 bits per heavy atom. The Labute approximate surface area is 202 Å². The van der Waals surface area contributed by atoms with Crippen LogP contribution in [0.4, 0.5) is 10.1 Å². The zero-order valence-electron chi connectivity index (χ0n) is 20.4. The van der Waals surface area contributed by atoms with Gasteiger partial charge in [-0.15, -0.1) is 0 Å². The van der Waals surface area contributed by atoms with Crippen LogP contribution in [0, 0.1) is 5.82 Å². The molecule has 0 aliphatic carbocycles. The van der Waals surface area contributed by atoms with Crippen LogP contribution < -0.4 is 9.62 Å². The fourth-order valence-corrected chi connectivity index (χ4v) is 4.66. The minimum Gasteiger partial charge on any atom is -0.355 e. The SMILES string of the molecule is CCNC(=O)C(CC)N(Cc1ccc(F)cc1)C(=O)CN(c1ccccc1C(C)C)S(C)(=O)=O. The molecular weight excluding hydrogens is 457 g/mol. The monoisotopic (exact) mass is 491 g/mol. The number of halogens is 1. The third kappa shape index (κ3) is 7.03. The highest BCUT2D eigenvalue weighted by Gasteiger charge is 2.32. The molecule has 0 saturated heterocycles. The van der Waals surface area contributed by atoms with E-state index < -0.39 is 34.3 Å². The lowest BCUT2D eigenvalue weighted by Gasteiger charge is -2.33. The number of anilines is 1. The number of sulfonamides is 1. The van der Waals surface area contributed by atoms with Crippen LogP contribution in [0.15, 0.2) is 48.5 Å². The van der Waals surface area contributed by atoms with Crippen molar-refractivity contribution in [2.24, 2.45) is 0 Å². The number of hydrogen-bond donors (Lipinski definition) is 1. The lowest BCUT2D eigenvalue weighted by molar-refractivity contribution is -0.140. The highest BCUT2D eigenvalue weighted by molar-refractivity contribution is 7.92. The van der Waals surface area contributed by atoms with Gasteiger partial charge in [-0.3, -0.25) is 13.9 Å². The molecule has 2 amide bonds. The van der Waals surface area contributed by atoms with E-state index in [0.29, 0.717) is 24.2 Å². The Morgan fingerprint density at radius 3 is 2.18 bits per heavy atom. The van der Waals surface area contributed by atoms with Crippen molar-refractivity contribution in [2.45, 2.75) is 52.6 Å². The van der Waals surface area contributed by atoms with Crippen LogP contribution in [0.1, 0.15) is 51.2 Å². The number of amides is 2. The fourth-order valence-electron chi connectivity index (χ4n) is 3.80. The van der Waals surface area contributed by atoms with Gasteiger partial charge in [-0.2, -0.15) is 0 Å². The predicted molar refractivity (Wildman–Crippen MR) is 132 cm³/mol. The summed E-state index contributed by atoms with van der Waals surface area (Å²) in [4.78, 5) is 27.7. The van der Waals surface area contributed by atoms with Gasteiger partial charge in [-0.1, -0.05) is 51.1 Å². The first-order valence-corrected chi connectivity index (χ1v) is 13.2. The van der Waals surface area contributed by atoms with Gasteiger partial charge in [0.05, 0.1) is 11.9 Å². The van der Waals surface area contributed by atoms with Crippen molar-refractivity contribution in [1.29, 1.82) is 0 Å². The quantitative estimate of drug-likeness (QED) is 0.520. The lowest BCUT2D eigenvalue weighted by Crippen LogP contribution is -2.52. The maximum Gasteiger partial charge on any atom is 0.244 e. The molecule has 2 rings (SSSR count). The van der Waals surface area contributed by atoms with Crippen molar-refractivity contribution in [1.82, 2.24) is 10.2 Å². The van der Waals surface area contributed by atoms with Crippen molar-refractivity contribution in [3.05, 3.63) is 65.5 Å². The Kier molecular flexibility index (Phi) is 9.61. The number of nitrogens with zero attached hydrogens (tertiary/aromatic N) is 2. The molecule has 1 unspecified atom stereocenters. The van der Waals surface area contributed by atoms with Gasteiger partial charge < -0.3 is 10.2 Å². The smallest absolute Gasteiger partial charge is 0.244 e. The van der Waals surface area contributed by atoms with E-state index in [-0.39, 0.29) is 18.4 Å². The van der Waals surface area contributed by atoms with Crippen LogP contribution >= 0.6 is 0 Å². The second-order valence-electron chi connectivity index (χ2n) is 8.45. The molecular formula is C25H34FN3O4S. The second kappa shape index (κ2) is 12.0. The largest absolute Gasteiger partial charge is 0.355 e. The molecule has 2 aromatic carbocycles. The van der Waals surface area contributed by atoms with Gasteiger partial charge in [0, 0.05) is 13.1 Å². The zero-order chi connectivity index (χ0) is 25.5. The van der Waals surface area contributed by atoms with Crippen molar-refractivity contribution in [3.8, 4) is 0 Å². The molecule has 1 N–H and O–H groups in total. The minimum absolute atomic E-state index is 0.0320. The zero-order valence-corrected chi connectivity index (χ0v) is 21.2. The topological polar surface area (TPSA) is 86.8 Å². The summed E-state index contributed by atoms with van der Waals surface area (Å²) in [5, 5.41) is 2.74. The molecule has 0 aromatic heterocycles. The molecule has 0 bridgehead atoms. The molecule has 1 atom stereocenters. The van der Waals surface area contributed by atoms with Crippen molar-refractivity contribution >= 4 is 27.5 Å². The summed E-state index contributed by atoms with van der Waals surface area (Å²) >= 11 is 0. The number of carbonyl (C=O) groups is 2. The van der Waals surface area contributed by atoms with Gasteiger partial charge in [-0.25, -0.2) is 12.8 Å². The van der Waals surface area contributed by atoms with E-state index in [9.17, 15) is 22.4 Å². The third-order valence-electron chi connectivity index (χ3n) is 5.51. The third-order valence-corrected chi connectivity index (χ3v) is 6.64. The molecule has 0 heterocycles. The Morgan fingerprint density at radius 1 is 1.03 bits per heavy atom. The van der Waals surface area contributed by atoms with E-state index >= 15 is 0 Å². The Hall–Kier alpha value is -2.94. The molecule has 2 aromatic rings. The molecule has 186 valence electrons. The van der Waals surface area contributed by atoms with Crippen LogP contribution in [-0.4, -0.2) is 50.5 Å². The van der Waals surface area contributed by atoms with Crippen molar-refractivity contribution < 1.29 is 22.4 Å². The standard InChI is InChI=1S/C25H34FN3O4S/c1-6-22(25(31)27-7-2)28(16-19-12-14-20(26)15-13-19)24(30)17-29(34(5,32)33)23-11-9-8-10-21(23)18(3)4/h8-15,18,22H,6-7,16-17H2,1-5H3,(H,27,31). The number of likely N-dealkylation sites (N-methyl/N-ethyl adjacent to an activating group) is 1. The van der Waals surface area contributed by atoms with Gasteiger partial charge in [0.2, 0.25) is 21.8 Å². The Balaban J connectivity index is 2.48. The van der Waals surface area contributed by atoms with Gasteiger partial charge in [0.25, 0.3) is 0 Å². The maximum absolute atomic E-state index is 13.6. The molecule has 0 radical (unpaired) electrons. The molecule has 7 nitrogen and oxygen atoms in total. The van der Waals surface area contributed by atoms with E-state index in [1.54, 1.807) is 38.1 Å². The molecule has 0 saturated carbocycles. The van der Waals surface area contributed by atoms with Crippen LogP contribution in [0.5, 0.6) is 0 Å². The highest BCUT2D eigenvalue weighted by Crippen LogP contribution is 2.29. The number of carbonyl (C=O) groups excluding carboxylic acids is 2. The van der Waals surface area contributed by atoms with E-state index in [2.05, 4.69) is 5.32 Å². The average molecular weight is 492 g/mol. The number of rotatable bonds is 11. The normalized spacial score (nSPS) is 12.3. The van der Waals surface area contributed by atoms with Gasteiger partial charge >= 0.3 is 0 Å². The molecule has 0 spiro atoms. The molecule has 0 fully saturated rings. The summed E-state index contributed by atoms with van der Waals surface area (Å²) in [5.41, 5.74) is 1.86. The van der Waals surface area contributed by atoms with Gasteiger partial charge in [-0.05, 0) is 48.6 Å². The summed E-state index contributed by atoms with van der Waals surface area (Å²) in [7, 11) is -3.81. The average Bonchev–Trinajstić information content (AvgIpc) is 2.78. The summed E-state index contributed by atoms with van der Waals surface area (Å²) in [6, 6.07) is 11.9. The lowest BCUT2D eigenvalue weighted by atomic mass is 10.0. The minimum atomic E-state index is -3.81. The van der Waals surface area contributed by atoms with E-state index in [4.69, 9.17) is 0 Å². The molecule has 9 heteroatoms. The number of benzene rings is 2. The summed E-state index contributed by atoms with van der Waals surface area (Å²) < 4.78 is 40.0. The second-order valence-corrected chi connectivity index (χ2v) is 10.4. The molecule has 0 aliphatic rings. The first-order chi connectivity index (χ1) is 16.0. The first kappa shape index (κ1) is 27.3. The van der Waals surface area contributed by atoms with Crippen LogP contribution in [0.2, 0.25) is 0 Å². The summed E-state index contributed by atoms with van der Waals surface area (Å²) in [6.07, 6.45) is 1.39. The van der Waals surface area contributed by atoms with Crippen molar-refractivity contribution in [2.75, 3.05) is 23.7 Å². The number of hydrogen-bond acceptors (Lipinski definition) is 4. The van der Waals surface area contributed by atoms with Gasteiger partial charge in [0.15, 0.2) is 0 Å². The van der Waals surface area contributed by atoms with Crippen LogP contribution in [0.25, 0.3) is 0 Å². The van der Waals surface area contributed by atoms with Crippen molar-refractivity contribution in [3.63, 3.8) is 0 Å². The van der Waals surface area contributed by atoms with Crippen LogP contribution in [-0.2, 0) is 26.2 Å². The molecule has 0 aliphatic heterocycles. The van der Waals surface area contributed by atoms with E-state index in [1.807, 2.05) is 26.0 Å². The fraction of sp³-hybridized carbons (Fsp3) is 0.440. The summed E-state index contributed by atoms with van der Waals surface area (Å²) in [5.74, 6) is -1.23. The van der Waals surface area contributed by atoms with E-state index in [1.165, 1.54) is 17.0 Å². The number of para-hydroxylation sites is 1. The molecule has 34 heavy (non-hydrogen) atoms.